The van der Waals surface area contributed by atoms with Crippen LogP contribution in [-0.4, -0.2) is 16.3 Å². The number of hydrogen-bond donors (Lipinski definition) is 1. The summed E-state index contributed by atoms with van der Waals surface area (Å²) in [6, 6.07) is 18.7. The van der Waals surface area contributed by atoms with Gasteiger partial charge in [-0.3, -0.25) is 9.59 Å². The number of carbonyl (C=O) groups excluding carboxylic acids is 2. The summed E-state index contributed by atoms with van der Waals surface area (Å²) in [6.07, 6.45) is 1.62. The van der Waals surface area contributed by atoms with Crippen LogP contribution in [0.3, 0.4) is 0 Å². The van der Waals surface area contributed by atoms with Crippen LogP contribution in [0.5, 0.6) is 0 Å². The van der Waals surface area contributed by atoms with E-state index in [-0.39, 0.29) is 11.7 Å². The van der Waals surface area contributed by atoms with Crippen molar-refractivity contribution in [2.75, 3.05) is 5.32 Å². The molecule has 0 saturated heterocycles. The maximum Gasteiger partial charge on any atom is 0.272 e. The Morgan fingerprint density at radius 3 is 2.57 bits per heavy atom. The molecule has 0 radical (unpaired) electrons. The predicted molar refractivity (Wildman–Crippen MR) is 109 cm³/mol. The molecule has 0 fully saturated rings. The van der Waals surface area contributed by atoms with E-state index in [0.29, 0.717) is 29.1 Å². The molecule has 0 aliphatic heterocycles. The number of amides is 1. The first-order valence-corrected chi connectivity index (χ1v) is 9.06. The van der Waals surface area contributed by atoms with Crippen molar-refractivity contribution in [3.05, 3.63) is 89.3 Å². The quantitative estimate of drug-likeness (QED) is 0.499. The molecule has 140 valence electrons. The Bertz CT molecular complexity index is 1170. The Balaban J connectivity index is 1.67. The zero-order chi connectivity index (χ0) is 19.7. The molecule has 1 N–H and O–H groups in total. The standard InChI is InChI=1S/C23H20N2O3/c1-15-6-8-17(9-7-15)14-25-20-10-11-28-22(20)13-21(25)23(27)24-19-5-3-4-18(12-19)16(2)26/h3-13H,14H2,1-2H3,(H,24,27). The Labute approximate surface area is 162 Å². The number of benzene rings is 2. The van der Waals surface area contributed by atoms with E-state index >= 15 is 0 Å². The van der Waals surface area contributed by atoms with Crippen LogP contribution < -0.4 is 5.32 Å². The van der Waals surface area contributed by atoms with Crippen LogP contribution in [0.1, 0.15) is 38.9 Å². The zero-order valence-corrected chi connectivity index (χ0v) is 15.7. The molecular weight excluding hydrogens is 352 g/mol. The molecule has 28 heavy (non-hydrogen) atoms. The van der Waals surface area contributed by atoms with Gasteiger partial charge in [-0.1, -0.05) is 42.0 Å². The van der Waals surface area contributed by atoms with Crippen molar-refractivity contribution in [2.45, 2.75) is 20.4 Å². The van der Waals surface area contributed by atoms with Gasteiger partial charge in [-0.15, -0.1) is 0 Å². The van der Waals surface area contributed by atoms with Crippen LogP contribution >= 0.6 is 0 Å². The lowest BCUT2D eigenvalue weighted by Crippen LogP contribution is -2.17. The van der Waals surface area contributed by atoms with E-state index in [1.54, 1.807) is 36.6 Å². The van der Waals surface area contributed by atoms with E-state index < -0.39 is 0 Å². The molecular formula is C23H20N2O3. The summed E-state index contributed by atoms with van der Waals surface area (Å²) in [5, 5.41) is 2.89. The first-order chi connectivity index (χ1) is 13.5. The zero-order valence-electron chi connectivity index (χ0n) is 15.7. The van der Waals surface area contributed by atoms with Crippen LogP contribution in [0.25, 0.3) is 11.1 Å². The Morgan fingerprint density at radius 1 is 1.04 bits per heavy atom. The third kappa shape index (κ3) is 3.47. The third-order valence-electron chi connectivity index (χ3n) is 4.74. The van der Waals surface area contributed by atoms with Crippen LogP contribution in [0.2, 0.25) is 0 Å². The highest BCUT2D eigenvalue weighted by molar-refractivity contribution is 6.06. The molecule has 0 unspecified atom stereocenters. The average molecular weight is 372 g/mol. The van der Waals surface area contributed by atoms with E-state index in [2.05, 4.69) is 29.6 Å². The number of aryl methyl sites for hydroxylation is 1. The highest BCUT2D eigenvalue weighted by atomic mass is 16.3. The second-order valence-electron chi connectivity index (χ2n) is 6.86. The number of furan rings is 1. The minimum atomic E-state index is -0.251. The maximum absolute atomic E-state index is 13.0. The van der Waals surface area contributed by atoms with Crippen molar-refractivity contribution >= 4 is 28.5 Å². The number of carbonyl (C=O) groups is 2. The highest BCUT2D eigenvalue weighted by Gasteiger charge is 2.18. The lowest BCUT2D eigenvalue weighted by molar-refractivity contribution is 0.100. The average Bonchev–Trinajstić information content (AvgIpc) is 3.26. The van der Waals surface area contributed by atoms with Gasteiger partial charge in [0.1, 0.15) is 5.69 Å². The fraction of sp³-hybridized carbons (Fsp3) is 0.130. The summed E-state index contributed by atoms with van der Waals surface area (Å²) in [5.74, 6) is -0.296. The van der Waals surface area contributed by atoms with Crippen LogP contribution in [0.4, 0.5) is 5.69 Å². The van der Waals surface area contributed by atoms with Crippen LogP contribution in [-0.2, 0) is 6.54 Å². The van der Waals surface area contributed by atoms with Crippen molar-refractivity contribution in [1.29, 1.82) is 0 Å². The summed E-state index contributed by atoms with van der Waals surface area (Å²) < 4.78 is 7.44. The van der Waals surface area contributed by atoms with Gasteiger partial charge in [0.15, 0.2) is 11.4 Å². The van der Waals surface area contributed by atoms with E-state index in [1.807, 2.05) is 17.6 Å². The number of fused-ring (bicyclic) bond motifs is 1. The van der Waals surface area contributed by atoms with Gasteiger partial charge in [0, 0.05) is 29.9 Å². The maximum atomic E-state index is 13.0. The molecule has 0 saturated carbocycles. The first-order valence-electron chi connectivity index (χ1n) is 9.06. The number of aromatic nitrogens is 1. The molecule has 2 aromatic carbocycles. The molecule has 5 heteroatoms. The predicted octanol–water partition coefficient (Wildman–Crippen LogP) is 5.05. The van der Waals surface area contributed by atoms with Gasteiger partial charge >= 0.3 is 0 Å². The molecule has 2 aromatic heterocycles. The van der Waals surface area contributed by atoms with E-state index in [9.17, 15) is 9.59 Å². The molecule has 0 atom stereocenters. The number of anilines is 1. The van der Waals surface area contributed by atoms with Gasteiger partial charge in [0.2, 0.25) is 0 Å². The van der Waals surface area contributed by atoms with Gasteiger partial charge in [0.25, 0.3) is 5.91 Å². The lowest BCUT2D eigenvalue weighted by Gasteiger charge is -2.11. The van der Waals surface area contributed by atoms with E-state index in [1.165, 1.54) is 12.5 Å². The summed E-state index contributed by atoms with van der Waals surface area (Å²) in [7, 11) is 0. The van der Waals surface area contributed by atoms with Crippen molar-refractivity contribution in [3.8, 4) is 0 Å². The Morgan fingerprint density at radius 2 is 1.82 bits per heavy atom. The lowest BCUT2D eigenvalue weighted by atomic mass is 10.1. The molecule has 1 amide bonds. The monoisotopic (exact) mass is 372 g/mol. The van der Waals surface area contributed by atoms with Gasteiger partial charge in [-0.25, -0.2) is 0 Å². The minimum absolute atomic E-state index is 0.0450. The highest BCUT2D eigenvalue weighted by Crippen LogP contribution is 2.24. The van der Waals surface area contributed by atoms with Crippen molar-refractivity contribution < 1.29 is 14.0 Å². The summed E-state index contributed by atoms with van der Waals surface area (Å²) in [5.41, 5.74) is 5.45. The van der Waals surface area contributed by atoms with E-state index in [0.717, 1.165) is 11.1 Å². The topological polar surface area (TPSA) is 64.2 Å². The summed E-state index contributed by atoms with van der Waals surface area (Å²) >= 11 is 0. The molecule has 0 aliphatic rings. The van der Waals surface area contributed by atoms with Crippen molar-refractivity contribution in [1.82, 2.24) is 4.57 Å². The van der Waals surface area contributed by atoms with Crippen molar-refractivity contribution in [2.24, 2.45) is 0 Å². The Hall–Kier alpha value is -3.60. The van der Waals surface area contributed by atoms with Crippen LogP contribution in [0, 0.1) is 6.92 Å². The SMILES string of the molecule is CC(=O)c1cccc(NC(=O)c2cc3occc3n2Cc2ccc(C)cc2)c1. The second kappa shape index (κ2) is 7.19. The summed E-state index contributed by atoms with van der Waals surface area (Å²) in [4.78, 5) is 24.6. The van der Waals surface area contributed by atoms with Gasteiger partial charge in [-0.05, 0) is 31.5 Å². The van der Waals surface area contributed by atoms with Crippen molar-refractivity contribution in [3.63, 3.8) is 0 Å². The van der Waals surface area contributed by atoms with Crippen LogP contribution in [0.15, 0.2) is 71.3 Å². The molecule has 0 spiro atoms. The normalized spacial score (nSPS) is 10.9. The molecule has 0 bridgehead atoms. The number of ketones is 1. The third-order valence-corrected chi connectivity index (χ3v) is 4.74. The summed E-state index contributed by atoms with van der Waals surface area (Å²) in [6.45, 7) is 4.10. The van der Waals surface area contributed by atoms with Gasteiger partial charge < -0.3 is 14.3 Å². The molecule has 0 aliphatic carbocycles. The number of nitrogens with zero attached hydrogens (tertiary/aromatic N) is 1. The molecule has 4 aromatic rings. The molecule has 2 heterocycles. The largest absolute Gasteiger partial charge is 0.463 e. The molecule has 5 nitrogen and oxygen atoms in total. The number of rotatable bonds is 5. The van der Waals surface area contributed by atoms with Gasteiger partial charge in [-0.2, -0.15) is 0 Å². The number of hydrogen-bond acceptors (Lipinski definition) is 3. The first kappa shape index (κ1) is 17.8. The fourth-order valence-corrected chi connectivity index (χ4v) is 3.22. The number of Topliss-reactive ketones (excluding diaryl/α,β-unsaturated/α-hetero) is 1. The smallest absolute Gasteiger partial charge is 0.272 e. The second-order valence-corrected chi connectivity index (χ2v) is 6.86. The molecule has 4 rings (SSSR count). The minimum Gasteiger partial charge on any atom is -0.463 e. The van der Waals surface area contributed by atoms with E-state index in [4.69, 9.17) is 4.42 Å². The number of nitrogens with one attached hydrogen (secondary N) is 1. The fourth-order valence-electron chi connectivity index (χ4n) is 3.22. The van der Waals surface area contributed by atoms with Gasteiger partial charge in [0.05, 0.1) is 11.8 Å². The Kier molecular flexibility index (Phi) is 4.57.